The third kappa shape index (κ3) is 7.53. The van der Waals surface area contributed by atoms with Gasteiger partial charge in [0.1, 0.15) is 11.4 Å². The van der Waals surface area contributed by atoms with Crippen LogP contribution in [0.4, 0.5) is 5.69 Å². The minimum atomic E-state index is -0.959. The molecule has 0 saturated carbocycles. The fourth-order valence-electron chi connectivity index (χ4n) is 7.74. The first-order valence-corrected chi connectivity index (χ1v) is 19.2. The number of nitrogens with zero attached hydrogens (tertiary/aromatic N) is 6. The van der Waals surface area contributed by atoms with Gasteiger partial charge in [-0.3, -0.25) is 14.5 Å². The van der Waals surface area contributed by atoms with Gasteiger partial charge in [0.25, 0.3) is 5.91 Å². The summed E-state index contributed by atoms with van der Waals surface area (Å²) in [6.07, 6.45) is 3.01. The number of aryl methyl sites for hydroxylation is 5. The molecule has 3 aromatic carbocycles. The molecule has 4 heterocycles. The third-order valence-electron chi connectivity index (χ3n) is 10.6. The molecule has 0 bridgehead atoms. The van der Waals surface area contributed by atoms with E-state index in [9.17, 15) is 9.90 Å². The van der Waals surface area contributed by atoms with E-state index in [1.165, 1.54) is 0 Å². The van der Waals surface area contributed by atoms with Crippen molar-refractivity contribution in [2.45, 2.75) is 47.1 Å². The predicted molar refractivity (Wildman–Crippen MR) is 218 cm³/mol. The average molecular weight is 780 g/mol. The number of halogens is 2. The normalized spacial score (nSPS) is 13.1. The largest absolute Gasteiger partial charge is 0.494 e. The van der Waals surface area contributed by atoms with E-state index in [1.54, 1.807) is 18.3 Å². The minimum Gasteiger partial charge on any atom is -0.494 e. The Morgan fingerprint density at radius 3 is 2.22 bits per heavy atom. The van der Waals surface area contributed by atoms with Crippen LogP contribution in [0, 0.1) is 27.7 Å². The molecular formula is C43H44Cl2N6O4. The van der Waals surface area contributed by atoms with Crippen molar-refractivity contribution in [3.63, 3.8) is 0 Å². The topological polar surface area (TPSA) is 106 Å². The van der Waals surface area contributed by atoms with E-state index in [-0.39, 0.29) is 11.5 Å². The number of fused-ring (bicyclic) bond motifs is 1. The summed E-state index contributed by atoms with van der Waals surface area (Å²) in [7, 11) is 1.93. The summed E-state index contributed by atoms with van der Waals surface area (Å²) in [4.78, 5) is 35.3. The maximum atomic E-state index is 15.1. The first-order valence-electron chi connectivity index (χ1n) is 18.4. The number of carbonyl (C=O) groups is 2. The quantitative estimate of drug-likeness (QED) is 0.131. The molecule has 284 valence electrons. The number of hydrogen-bond donors (Lipinski definition) is 1. The van der Waals surface area contributed by atoms with Crippen molar-refractivity contribution in [2.24, 2.45) is 7.05 Å². The summed E-state index contributed by atoms with van der Waals surface area (Å²) < 4.78 is 10.2. The van der Waals surface area contributed by atoms with E-state index in [2.05, 4.69) is 14.5 Å². The van der Waals surface area contributed by atoms with Crippen molar-refractivity contribution in [3.05, 3.63) is 128 Å². The number of anilines is 1. The second kappa shape index (κ2) is 15.8. The highest BCUT2D eigenvalue weighted by Crippen LogP contribution is 2.42. The average Bonchev–Trinajstić information content (AvgIpc) is 3.62. The van der Waals surface area contributed by atoms with E-state index < -0.39 is 5.97 Å². The fourth-order valence-corrected chi connectivity index (χ4v) is 8.09. The van der Waals surface area contributed by atoms with Crippen LogP contribution in [0.5, 0.6) is 5.75 Å². The highest BCUT2D eigenvalue weighted by molar-refractivity contribution is 6.35. The van der Waals surface area contributed by atoms with Gasteiger partial charge in [0.15, 0.2) is 0 Å². The molecule has 10 nitrogen and oxygen atoms in total. The lowest BCUT2D eigenvalue weighted by Gasteiger charge is -2.36. The molecule has 0 radical (unpaired) electrons. The van der Waals surface area contributed by atoms with Gasteiger partial charge >= 0.3 is 5.97 Å². The predicted octanol–water partition coefficient (Wildman–Crippen LogP) is 8.70. The Balaban J connectivity index is 1.31. The highest BCUT2D eigenvalue weighted by atomic mass is 35.5. The second-order valence-electron chi connectivity index (χ2n) is 14.2. The summed E-state index contributed by atoms with van der Waals surface area (Å²) >= 11 is 13.6. The Labute approximate surface area is 330 Å². The Bertz CT molecular complexity index is 2370. The van der Waals surface area contributed by atoms with Crippen LogP contribution < -0.4 is 9.64 Å². The number of piperazine rings is 1. The monoisotopic (exact) mass is 778 g/mol. The van der Waals surface area contributed by atoms with Gasteiger partial charge in [-0.2, -0.15) is 5.10 Å². The molecule has 1 N–H and O–H groups in total. The van der Waals surface area contributed by atoms with Crippen molar-refractivity contribution in [3.8, 4) is 16.9 Å². The van der Waals surface area contributed by atoms with Crippen LogP contribution in [-0.4, -0.2) is 74.0 Å². The summed E-state index contributed by atoms with van der Waals surface area (Å²) in [6.45, 7) is 11.0. The van der Waals surface area contributed by atoms with Gasteiger partial charge in [-0.05, 0) is 112 Å². The number of carboxylic acid groups (broad SMARTS) is 1. The number of ether oxygens (including phenoxy) is 1. The molecule has 0 aliphatic carbocycles. The lowest BCUT2D eigenvalue weighted by molar-refractivity contribution is 0.0694. The maximum Gasteiger partial charge on any atom is 0.335 e. The molecule has 0 spiro atoms. The van der Waals surface area contributed by atoms with Gasteiger partial charge in [-0.15, -0.1) is 0 Å². The SMILES string of the molecule is Cc1cc(OCCCc2c(C(=O)N3CCN(c4ccc(C(=O)O)cc4)CC3)n(Cc3ccccn3)c3c(-c4c(C)nn(C)c4C)c(Cl)ccc23)cc(C)c1Cl. The molecule has 1 amide bonds. The summed E-state index contributed by atoms with van der Waals surface area (Å²) in [5, 5.41) is 16.4. The first kappa shape index (κ1) is 38.0. The van der Waals surface area contributed by atoms with E-state index in [0.717, 1.165) is 72.3 Å². The van der Waals surface area contributed by atoms with Crippen molar-refractivity contribution in [1.29, 1.82) is 0 Å². The van der Waals surface area contributed by atoms with Crippen LogP contribution in [0.2, 0.25) is 10.0 Å². The van der Waals surface area contributed by atoms with E-state index in [4.69, 9.17) is 33.0 Å². The molecule has 55 heavy (non-hydrogen) atoms. The highest BCUT2D eigenvalue weighted by Gasteiger charge is 2.32. The van der Waals surface area contributed by atoms with Crippen molar-refractivity contribution in [1.82, 2.24) is 24.2 Å². The Kier molecular flexibility index (Phi) is 10.9. The number of carboxylic acids is 1. The number of carbonyl (C=O) groups excluding carboxylic acids is 1. The number of benzene rings is 3. The first-order chi connectivity index (χ1) is 26.4. The smallest absolute Gasteiger partial charge is 0.335 e. The van der Waals surface area contributed by atoms with Crippen LogP contribution in [0.15, 0.2) is 72.9 Å². The Hall–Kier alpha value is -5.32. The lowest BCUT2D eigenvalue weighted by atomic mass is 9.98. The molecular weight excluding hydrogens is 735 g/mol. The zero-order chi connectivity index (χ0) is 39.0. The van der Waals surface area contributed by atoms with Gasteiger partial charge in [-0.1, -0.05) is 35.3 Å². The molecule has 1 saturated heterocycles. The molecule has 0 atom stereocenters. The molecule has 0 unspecified atom stereocenters. The van der Waals surface area contributed by atoms with Crippen LogP contribution in [-0.2, 0) is 20.0 Å². The number of amides is 1. The zero-order valence-corrected chi connectivity index (χ0v) is 33.2. The molecule has 6 aromatic rings. The summed E-state index contributed by atoms with van der Waals surface area (Å²) in [6, 6.07) is 20.6. The number of pyridine rings is 1. The van der Waals surface area contributed by atoms with Crippen molar-refractivity contribution < 1.29 is 19.4 Å². The van der Waals surface area contributed by atoms with Crippen LogP contribution in [0.25, 0.3) is 22.0 Å². The molecule has 12 heteroatoms. The molecule has 1 aliphatic heterocycles. The molecule has 1 fully saturated rings. The van der Waals surface area contributed by atoms with Gasteiger partial charge in [0.2, 0.25) is 0 Å². The Morgan fingerprint density at radius 2 is 1.60 bits per heavy atom. The van der Waals surface area contributed by atoms with Gasteiger partial charge in [0.05, 0.1) is 40.6 Å². The molecule has 1 aliphatic rings. The second-order valence-corrected chi connectivity index (χ2v) is 15.0. The van der Waals surface area contributed by atoms with Gasteiger partial charge < -0.3 is 24.2 Å². The zero-order valence-electron chi connectivity index (χ0n) is 31.7. The molecule has 7 rings (SSSR count). The fraction of sp³-hybridized carbons (Fsp3) is 0.302. The summed E-state index contributed by atoms with van der Waals surface area (Å²) in [5.74, 6) is -0.256. The van der Waals surface area contributed by atoms with Crippen LogP contribution in [0.3, 0.4) is 0 Å². The van der Waals surface area contributed by atoms with E-state index >= 15 is 4.79 Å². The number of rotatable bonds is 11. The number of aromatic nitrogens is 4. The van der Waals surface area contributed by atoms with E-state index in [0.29, 0.717) is 62.9 Å². The van der Waals surface area contributed by atoms with E-state index in [1.807, 2.05) is 98.9 Å². The Morgan fingerprint density at radius 1 is 0.891 bits per heavy atom. The minimum absolute atomic E-state index is 0.0606. The van der Waals surface area contributed by atoms with Gasteiger partial charge in [-0.25, -0.2) is 4.79 Å². The van der Waals surface area contributed by atoms with Crippen molar-refractivity contribution in [2.75, 3.05) is 37.7 Å². The van der Waals surface area contributed by atoms with Gasteiger partial charge in [0, 0.05) is 72.3 Å². The van der Waals surface area contributed by atoms with Crippen LogP contribution >= 0.6 is 23.2 Å². The van der Waals surface area contributed by atoms with Crippen LogP contribution in [0.1, 0.15) is 61.0 Å². The number of hydrogen-bond acceptors (Lipinski definition) is 6. The summed E-state index contributed by atoms with van der Waals surface area (Å²) in [5.41, 5.74) is 9.95. The standard InChI is InChI=1S/C43H44Cl2N6O4/c1-26-23-33(24-27(2)39(26)45)55-22-8-10-34-35-15-16-36(44)38(37-28(3)47-48(5)29(37)4)40(35)51(25-31-9-6-7-17-46-31)41(34)42(52)50-20-18-49(19-21-50)32-13-11-30(12-14-32)43(53)54/h6-7,9,11-17,23-24H,8,10,18-22,25H2,1-5H3,(H,53,54). The molecule has 3 aromatic heterocycles. The lowest BCUT2D eigenvalue weighted by Crippen LogP contribution is -2.49. The van der Waals surface area contributed by atoms with Crippen molar-refractivity contribution >= 4 is 51.7 Å². The number of aromatic carboxylic acids is 1. The third-order valence-corrected chi connectivity index (χ3v) is 11.5. The maximum absolute atomic E-state index is 15.1.